The summed E-state index contributed by atoms with van der Waals surface area (Å²) in [5.41, 5.74) is 1.84. The number of hydrogen-bond donors (Lipinski definition) is 3. The minimum atomic E-state index is -0.664. The number of carbonyl (C=O) groups is 3. The van der Waals surface area contributed by atoms with Crippen molar-refractivity contribution in [3.63, 3.8) is 0 Å². The topological polar surface area (TPSA) is 151 Å². The maximum absolute atomic E-state index is 12.9. The van der Waals surface area contributed by atoms with Crippen molar-refractivity contribution in [2.75, 3.05) is 35.7 Å². The monoisotopic (exact) mass is 618 g/mol. The van der Waals surface area contributed by atoms with E-state index < -0.39 is 17.3 Å². The van der Waals surface area contributed by atoms with Gasteiger partial charge in [-0.25, -0.2) is 19.6 Å². The molecule has 0 bridgehead atoms. The van der Waals surface area contributed by atoms with Gasteiger partial charge < -0.3 is 30.3 Å². The average molecular weight is 619 g/mol. The highest BCUT2D eigenvalue weighted by Crippen LogP contribution is 2.27. The molecular weight excluding hydrogens is 576 g/mol. The molecule has 3 N–H and O–H groups in total. The fourth-order valence-corrected chi connectivity index (χ4v) is 4.43. The number of carbonyl (C=O) groups excluding carboxylic acids is 3. The molecule has 0 saturated carbocycles. The molecule has 4 rings (SSSR count). The Morgan fingerprint density at radius 3 is 2.38 bits per heavy atom. The molecule has 3 aromatic rings. The van der Waals surface area contributed by atoms with Crippen LogP contribution < -0.4 is 20.9 Å². The molecule has 1 aromatic carbocycles. The van der Waals surface area contributed by atoms with Gasteiger partial charge in [0.2, 0.25) is 5.95 Å². The van der Waals surface area contributed by atoms with Gasteiger partial charge in [-0.15, -0.1) is 0 Å². The van der Waals surface area contributed by atoms with Gasteiger partial charge >= 0.3 is 12.2 Å². The molecule has 45 heavy (non-hydrogen) atoms. The molecule has 0 fully saturated rings. The van der Waals surface area contributed by atoms with E-state index in [1.54, 1.807) is 50.9 Å². The molecule has 0 spiro atoms. The normalized spacial score (nSPS) is 12.9. The summed E-state index contributed by atoms with van der Waals surface area (Å²) < 4.78 is 11.0. The third-order valence-electron chi connectivity index (χ3n) is 6.49. The van der Waals surface area contributed by atoms with Crippen LogP contribution in [0.3, 0.4) is 0 Å². The van der Waals surface area contributed by atoms with E-state index in [1.165, 1.54) is 11.1 Å². The highest BCUT2D eigenvalue weighted by molar-refractivity contribution is 5.99. The minimum Gasteiger partial charge on any atom is -0.444 e. The molecule has 3 heterocycles. The van der Waals surface area contributed by atoms with Crippen LogP contribution in [0.5, 0.6) is 0 Å². The number of rotatable bonds is 7. The van der Waals surface area contributed by atoms with E-state index in [1.807, 2.05) is 45.9 Å². The van der Waals surface area contributed by atoms with E-state index in [0.717, 1.165) is 23.2 Å². The maximum Gasteiger partial charge on any atom is 0.415 e. The lowest BCUT2D eigenvalue weighted by Crippen LogP contribution is -2.39. The van der Waals surface area contributed by atoms with E-state index in [0.29, 0.717) is 31.3 Å². The first kappa shape index (κ1) is 33.0. The van der Waals surface area contributed by atoms with Crippen LogP contribution in [0, 0.1) is 0 Å². The predicted molar refractivity (Wildman–Crippen MR) is 172 cm³/mol. The first-order valence-electron chi connectivity index (χ1n) is 14.8. The van der Waals surface area contributed by atoms with E-state index in [-0.39, 0.29) is 29.3 Å². The van der Waals surface area contributed by atoms with Crippen molar-refractivity contribution in [1.82, 2.24) is 25.2 Å². The van der Waals surface area contributed by atoms with Crippen LogP contribution >= 0.6 is 0 Å². The first-order valence-corrected chi connectivity index (χ1v) is 14.8. The Morgan fingerprint density at radius 1 is 0.956 bits per heavy atom. The molecule has 1 aliphatic heterocycles. The van der Waals surface area contributed by atoms with Crippen molar-refractivity contribution in [2.45, 2.75) is 72.6 Å². The van der Waals surface area contributed by atoms with E-state index in [9.17, 15) is 14.4 Å². The average Bonchev–Trinajstić information content (AvgIpc) is 2.95. The van der Waals surface area contributed by atoms with Crippen molar-refractivity contribution in [2.24, 2.45) is 0 Å². The highest BCUT2D eigenvalue weighted by atomic mass is 16.6. The number of nitrogens with zero attached hydrogens (tertiary/aromatic N) is 5. The molecule has 240 valence electrons. The fraction of sp³-hybridized carbons (Fsp3) is 0.438. The SMILES string of the molecule is CCNC(=O)c1cnc(Nc2ccc3c(c2)CN(C(=O)OC(C)(C)C)CC3)nc1Nc1cccc(N(C)C(=O)OC(C)(C)C)n1. The summed E-state index contributed by atoms with van der Waals surface area (Å²) in [6, 6.07) is 11.0. The van der Waals surface area contributed by atoms with Crippen molar-refractivity contribution < 1.29 is 23.9 Å². The summed E-state index contributed by atoms with van der Waals surface area (Å²) in [5, 5.41) is 9.09. The second-order valence-electron chi connectivity index (χ2n) is 12.6. The Balaban J connectivity index is 1.57. The number of anilines is 5. The smallest absolute Gasteiger partial charge is 0.415 e. The van der Waals surface area contributed by atoms with Crippen LogP contribution in [0.4, 0.5) is 38.7 Å². The van der Waals surface area contributed by atoms with E-state index >= 15 is 0 Å². The summed E-state index contributed by atoms with van der Waals surface area (Å²) in [5.74, 6) is 0.804. The van der Waals surface area contributed by atoms with Gasteiger partial charge in [0, 0.05) is 38.6 Å². The van der Waals surface area contributed by atoms with Crippen LogP contribution in [0.2, 0.25) is 0 Å². The molecule has 13 heteroatoms. The third-order valence-corrected chi connectivity index (χ3v) is 6.49. The van der Waals surface area contributed by atoms with Gasteiger partial charge in [-0.1, -0.05) is 12.1 Å². The number of hydrogen-bond acceptors (Lipinski definition) is 10. The zero-order valence-electron chi connectivity index (χ0n) is 27.1. The summed E-state index contributed by atoms with van der Waals surface area (Å²) in [6.07, 6.45) is 1.25. The highest BCUT2D eigenvalue weighted by Gasteiger charge is 2.26. The van der Waals surface area contributed by atoms with Crippen LogP contribution in [0.1, 0.15) is 70.0 Å². The lowest BCUT2D eigenvalue weighted by Gasteiger charge is -2.31. The lowest BCUT2D eigenvalue weighted by molar-refractivity contribution is 0.0223. The second-order valence-corrected chi connectivity index (χ2v) is 12.6. The summed E-state index contributed by atoms with van der Waals surface area (Å²) >= 11 is 0. The summed E-state index contributed by atoms with van der Waals surface area (Å²) in [4.78, 5) is 54.6. The van der Waals surface area contributed by atoms with Crippen molar-refractivity contribution >= 4 is 47.2 Å². The van der Waals surface area contributed by atoms with E-state index in [2.05, 4.69) is 30.9 Å². The number of nitrogens with one attached hydrogen (secondary N) is 3. The predicted octanol–water partition coefficient (Wildman–Crippen LogP) is 5.77. The molecule has 0 unspecified atom stereocenters. The molecule has 1 aliphatic rings. The summed E-state index contributed by atoms with van der Waals surface area (Å²) in [7, 11) is 1.57. The van der Waals surface area contributed by atoms with Gasteiger partial charge in [0.25, 0.3) is 5.91 Å². The Hall–Kier alpha value is -4.94. The molecule has 13 nitrogen and oxygen atoms in total. The molecule has 0 aliphatic carbocycles. The van der Waals surface area contributed by atoms with Gasteiger partial charge in [0.05, 0.1) is 0 Å². The Morgan fingerprint density at radius 2 is 1.69 bits per heavy atom. The van der Waals surface area contributed by atoms with Crippen molar-refractivity contribution in [3.05, 3.63) is 59.3 Å². The van der Waals surface area contributed by atoms with Crippen LogP contribution in [-0.2, 0) is 22.4 Å². The quantitative estimate of drug-likeness (QED) is 0.298. The molecule has 0 atom stereocenters. The van der Waals surface area contributed by atoms with Crippen molar-refractivity contribution in [3.8, 4) is 0 Å². The fourth-order valence-electron chi connectivity index (χ4n) is 4.43. The Bertz CT molecular complexity index is 1560. The maximum atomic E-state index is 12.9. The van der Waals surface area contributed by atoms with Crippen LogP contribution in [0.15, 0.2) is 42.6 Å². The van der Waals surface area contributed by atoms with Gasteiger partial charge in [0.1, 0.15) is 34.2 Å². The molecule has 0 saturated heterocycles. The number of amides is 3. The second kappa shape index (κ2) is 13.4. The van der Waals surface area contributed by atoms with Crippen LogP contribution in [0.25, 0.3) is 0 Å². The lowest BCUT2D eigenvalue weighted by atomic mass is 9.99. The van der Waals surface area contributed by atoms with Gasteiger partial charge in [-0.2, -0.15) is 4.98 Å². The first-order chi connectivity index (χ1) is 21.1. The number of benzene rings is 1. The van der Waals surface area contributed by atoms with Gasteiger partial charge in [0.15, 0.2) is 0 Å². The van der Waals surface area contributed by atoms with Gasteiger partial charge in [-0.05, 0) is 90.3 Å². The molecule has 2 aromatic heterocycles. The number of ether oxygens (including phenoxy) is 2. The standard InChI is InChI=1S/C32H42N8O5/c1-9-33-27(41)23-18-34-28(35-22-14-13-20-15-16-40(19-21(20)17-22)30(43)45-32(5,6)7)38-26(23)37-24-11-10-12-25(36-24)39(8)29(42)44-31(2,3)4/h10-14,17-18H,9,15-16,19H2,1-8H3,(H,33,41)(H2,34,35,36,37,38). The number of pyridine rings is 1. The Labute approximate surface area is 263 Å². The van der Waals surface area contributed by atoms with Gasteiger partial charge in [-0.3, -0.25) is 9.69 Å². The minimum absolute atomic E-state index is 0.216. The number of aromatic nitrogens is 3. The molecular formula is C32H42N8O5. The Kier molecular flexibility index (Phi) is 9.79. The summed E-state index contributed by atoms with van der Waals surface area (Å²) in [6.45, 7) is 14.1. The van der Waals surface area contributed by atoms with E-state index in [4.69, 9.17) is 9.47 Å². The van der Waals surface area contributed by atoms with Crippen molar-refractivity contribution in [1.29, 1.82) is 0 Å². The zero-order chi connectivity index (χ0) is 32.9. The largest absolute Gasteiger partial charge is 0.444 e. The molecule has 0 radical (unpaired) electrons. The van der Waals surface area contributed by atoms with Crippen LogP contribution in [-0.4, -0.2) is 69.3 Å². The number of fused-ring (bicyclic) bond motifs is 1. The molecule has 3 amide bonds. The third kappa shape index (κ3) is 9.03. The zero-order valence-corrected chi connectivity index (χ0v) is 27.1.